The van der Waals surface area contributed by atoms with Gasteiger partial charge in [0.25, 0.3) is 10.1 Å². The minimum atomic E-state index is -4.43. The third-order valence-electron chi connectivity index (χ3n) is 5.91. The first-order valence-corrected chi connectivity index (χ1v) is 12.7. The Hall–Kier alpha value is -4.67. The predicted molar refractivity (Wildman–Crippen MR) is 140 cm³/mol. The van der Waals surface area contributed by atoms with Crippen LogP contribution in [0.1, 0.15) is 17.0 Å². The van der Waals surface area contributed by atoms with E-state index in [0.29, 0.717) is 39.3 Å². The highest BCUT2D eigenvalue weighted by Crippen LogP contribution is 2.30. The van der Waals surface area contributed by atoms with Gasteiger partial charge in [0, 0.05) is 22.4 Å². The third-order valence-corrected chi connectivity index (χ3v) is 6.81. The van der Waals surface area contributed by atoms with Crippen molar-refractivity contribution in [1.29, 1.82) is 0 Å². The van der Waals surface area contributed by atoms with Gasteiger partial charge in [0.1, 0.15) is 15.9 Å². The van der Waals surface area contributed by atoms with E-state index in [4.69, 9.17) is 4.42 Å². The number of aryl methyl sites for hydroxylation is 1. The Morgan fingerprint density at radius 3 is 2.32 bits per heavy atom. The number of fused-ring (bicyclic) bond motifs is 3. The topological polar surface area (TPSA) is 124 Å². The van der Waals surface area contributed by atoms with Gasteiger partial charge in [-0.2, -0.15) is 13.2 Å². The summed E-state index contributed by atoms with van der Waals surface area (Å²) in [5.41, 5.74) is 4.49. The first-order chi connectivity index (χ1) is 17.8. The monoisotopic (exact) mass is 509 g/mol. The van der Waals surface area contributed by atoms with Gasteiger partial charge in [-0.15, -0.1) is 20.4 Å². The fraction of sp³-hybridized carbons (Fsp3) is 0.0370. The SMILES string of the molecule is Cc1ccc(-c2nnc(/C=C/c3ccc(-n4nc5cc(S(=O)(=O)O)c6ccccc6c5n4)cc3)o2)cc1. The maximum atomic E-state index is 11.9. The first kappa shape index (κ1) is 22.8. The van der Waals surface area contributed by atoms with Crippen LogP contribution in [-0.2, 0) is 10.1 Å². The zero-order chi connectivity index (χ0) is 25.6. The molecule has 2 aromatic heterocycles. The molecule has 1 N–H and O–H groups in total. The predicted octanol–water partition coefficient (Wildman–Crippen LogP) is 5.35. The van der Waals surface area contributed by atoms with E-state index >= 15 is 0 Å². The van der Waals surface area contributed by atoms with Crippen LogP contribution < -0.4 is 0 Å². The number of benzene rings is 4. The maximum absolute atomic E-state index is 11.9. The highest BCUT2D eigenvalue weighted by Gasteiger charge is 2.19. The van der Waals surface area contributed by atoms with Crippen LogP contribution in [0.25, 0.3) is 51.1 Å². The van der Waals surface area contributed by atoms with Crippen molar-refractivity contribution in [2.45, 2.75) is 11.8 Å². The van der Waals surface area contributed by atoms with Crippen LogP contribution in [-0.4, -0.2) is 38.2 Å². The fourth-order valence-electron chi connectivity index (χ4n) is 4.04. The first-order valence-electron chi connectivity index (χ1n) is 11.3. The summed E-state index contributed by atoms with van der Waals surface area (Å²) in [5, 5.41) is 18.2. The van der Waals surface area contributed by atoms with Crippen molar-refractivity contribution in [3.8, 4) is 17.1 Å². The third kappa shape index (κ3) is 4.39. The quantitative estimate of drug-likeness (QED) is 0.309. The van der Waals surface area contributed by atoms with Crippen molar-refractivity contribution in [2.24, 2.45) is 0 Å². The molecule has 0 fully saturated rings. The summed E-state index contributed by atoms with van der Waals surface area (Å²) in [6.45, 7) is 2.02. The summed E-state index contributed by atoms with van der Waals surface area (Å²) in [5.74, 6) is 0.845. The standard InChI is InChI=1S/C27H19N5O4S/c1-17-6-11-19(12-7-17)27-29-28-25(36-27)15-10-18-8-13-20(14-9-18)32-30-23-16-24(37(33,34)35)21-4-2-3-5-22(21)26(23)31-32/h2-16H,1H3,(H,33,34,35)/b15-10+. The van der Waals surface area contributed by atoms with Crippen LogP contribution in [0, 0.1) is 6.92 Å². The molecule has 0 aliphatic rings. The van der Waals surface area contributed by atoms with E-state index in [1.54, 1.807) is 30.3 Å². The summed E-state index contributed by atoms with van der Waals surface area (Å²) in [7, 11) is -4.43. The molecule has 0 atom stereocenters. The highest BCUT2D eigenvalue weighted by atomic mass is 32.2. The minimum absolute atomic E-state index is 0.199. The molecule has 0 unspecified atom stereocenters. The lowest BCUT2D eigenvalue weighted by molar-refractivity contribution is 0.484. The molecule has 0 amide bonds. The van der Waals surface area contributed by atoms with E-state index in [1.807, 2.05) is 61.5 Å². The number of aromatic nitrogens is 5. The number of hydrogen-bond acceptors (Lipinski definition) is 7. The Balaban J connectivity index is 1.28. The van der Waals surface area contributed by atoms with E-state index in [-0.39, 0.29) is 4.90 Å². The van der Waals surface area contributed by atoms with Gasteiger partial charge < -0.3 is 4.42 Å². The maximum Gasteiger partial charge on any atom is 0.295 e. The molecule has 0 spiro atoms. The second-order valence-corrected chi connectivity index (χ2v) is 9.88. The smallest absolute Gasteiger partial charge is 0.295 e. The van der Waals surface area contributed by atoms with Gasteiger partial charge in [0.2, 0.25) is 11.8 Å². The Kier molecular flexibility index (Phi) is 5.40. The number of hydrogen-bond donors (Lipinski definition) is 1. The lowest BCUT2D eigenvalue weighted by Crippen LogP contribution is -1.99. The van der Waals surface area contributed by atoms with Gasteiger partial charge >= 0.3 is 0 Å². The zero-order valence-corrected chi connectivity index (χ0v) is 20.3. The Bertz CT molecular complexity index is 1910. The highest BCUT2D eigenvalue weighted by molar-refractivity contribution is 7.86. The molecule has 0 saturated carbocycles. The molecule has 10 heteroatoms. The average molecular weight is 510 g/mol. The van der Waals surface area contributed by atoms with Crippen molar-refractivity contribution >= 4 is 44.1 Å². The molecule has 6 aromatic rings. The molecule has 0 aliphatic carbocycles. The zero-order valence-electron chi connectivity index (χ0n) is 19.5. The van der Waals surface area contributed by atoms with Gasteiger partial charge in [-0.3, -0.25) is 4.55 Å². The molecule has 0 aliphatic heterocycles. The summed E-state index contributed by atoms with van der Waals surface area (Å²) < 4.78 is 39.3. The van der Waals surface area contributed by atoms with Gasteiger partial charge in [0.15, 0.2) is 0 Å². The fourth-order valence-corrected chi connectivity index (χ4v) is 4.76. The molecule has 9 nitrogen and oxygen atoms in total. The Morgan fingerprint density at radius 2 is 1.59 bits per heavy atom. The molecule has 0 saturated heterocycles. The summed E-state index contributed by atoms with van der Waals surface area (Å²) in [6, 6.07) is 23.5. The van der Waals surface area contributed by atoms with Crippen LogP contribution in [0.15, 0.2) is 88.2 Å². The van der Waals surface area contributed by atoms with Crippen LogP contribution in [0.3, 0.4) is 0 Å². The molecule has 6 rings (SSSR count). The van der Waals surface area contributed by atoms with Crippen molar-refractivity contribution in [1.82, 2.24) is 25.2 Å². The molecular weight excluding hydrogens is 490 g/mol. The van der Waals surface area contributed by atoms with Gasteiger partial charge in [-0.25, -0.2) is 0 Å². The molecule has 37 heavy (non-hydrogen) atoms. The lowest BCUT2D eigenvalue weighted by Gasteiger charge is -2.03. The van der Waals surface area contributed by atoms with Crippen LogP contribution >= 0.6 is 0 Å². The second-order valence-electron chi connectivity index (χ2n) is 8.49. The van der Waals surface area contributed by atoms with Crippen molar-refractivity contribution in [3.63, 3.8) is 0 Å². The molecule has 0 radical (unpaired) electrons. The molecule has 2 heterocycles. The van der Waals surface area contributed by atoms with Crippen LogP contribution in [0.2, 0.25) is 0 Å². The summed E-state index contributed by atoms with van der Waals surface area (Å²) >= 11 is 0. The Labute approximate surface area is 211 Å². The van der Waals surface area contributed by atoms with Crippen LogP contribution in [0.4, 0.5) is 0 Å². The van der Waals surface area contributed by atoms with E-state index < -0.39 is 10.1 Å². The lowest BCUT2D eigenvalue weighted by atomic mass is 10.1. The van der Waals surface area contributed by atoms with Crippen molar-refractivity contribution in [2.75, 3.05) is 0 Å². The van der Waals surface area contributed by atoms with E-state index in [0.717, 1.165) is 16.7 Å². The van der Waals surface area contributed by atoms with Gasteiger partial charge in [0.05, 0.1) is 5.69 Å². The Morgan fingerprint density at radius 1 is 0.865 bits per heavy atom. The van der Waals surface area contributed by atoms with Gasteiger partial charge in [-0.1, -0.05) is 54.1 Å². The van der Waals surface area contributed by atoms with E-state index in [2.05, 4.69) is 20.4 Å². The normalized spacial score (nSPS) is 12.2. The largest absolute Gasteiger partial charge is 0.417 e. The number of rotatable bonds is 5. The number of nitrogens with zero attached hydrogens (tertiary/aromatic N) is 5. The van der Waals surface area contributed by atoms with E-state index in [9.17, 15) is 13.0 Å². The molecule has 4 aromatic carbocycles. The van der Waals surface area contributed by atoms with Crippen LogP contribution in [0.5, 0.6) is 0 Å². The molecule has 182 valence electrons. The minimum Gasteiger partial charge on any atom is -0.417 e. The van der Waals surface area contributed by atoms with Gasteiger partial charge in [-0.05, 0) is 48.9 Å². The van der Waals surface area contributed by atoms with Crippen molar-refractivity contribution < 1.29 is 17.4 Å². The average Bonchev–Trinajstić information content (AvgIpc) is 3.55. The molecule has 0 bridgehead atoms. The van der Waals surface area contributed by atoms with E-state index in [1.165, 1.54) is 10.9 Å². The summed E-state index contributed by atoms with van der Waals surface area (Å²) in [4.78, 5) is 1.24. The molecular formula is C27H19N5O4S. The second kappa shape index (κ2) is 8.77. The summed E-state index contributed by atoms with van der Waals surface area (Å²) in [6.07, 6.45) is 3.60. The van der Waals surface area contributed by atoms with Crippen molar-refractivity contribution in [3.05, 3.63) is 95.9 Å².